The summed E-state index contributed by atoms with van der Waals surface area (Å²) < 4.78 is 42.7. The third-order valence-electron chi connectivity index (χ3n) is 7.16. The first-order valence-electron chi connectivity index (χ1n) is 11.1. The fraction of sp³-hybridized carbons (Fsp3) is 0.308. The Kier molecular flexibility index (Phi) is 5.51. The van der Waals surface area contributed by atoms with Gasteiger partial charge in [-0.05, 0) is 65.9 Å². The van der Waals surface area contributed by atoms with Crippen LogP contribution in [0.25, 0.3) is 11.1 Å². The van der Waals surface area contributed by atoms with E-state index in [9.17, 15) is 17.9 Å². The first kappa shape index (κ1) is 22.1. The second kappa shape index (κ2) is 8.24. The van der Waals surface area contributed by atoms with Gasteiger partial charge in [0.25, 0.3) is 0 Å². The molecule has 0 radical (unpaired) electrons. The molecular weight excluding hydrogens is 439 g/mol. The highest BCUT2D eigenvalue weighted by molar-refractivity contribution is 7.89. The lowest BCUT2D eigenvalue weighted by molar-refractivity contribution is 0.193. The van der Waals surface area contributed by atoms with Crippen molar-refractivity contribution in [3.05, 3.63) is 83.7 Å². The molecule has 33 heavy (non-hydrogen) atoms. The van der Waals surface area contributed by atoms with Crippen LogP contribution in [0.15, 0.2) is 71.6 Å². The summed E-state index contributed by atoms with van der Waals surface area (Å²) in [5.74, 6) is -0.330. The van der Waals surface area contributed by atoms with Crippen LogP contribution in [-0.4, -0.2) is 44.1 Å². The number of likely N-dealkylation sites (N-methyl/N-ethyl adjacent to an activating group) is 1. The minimum absolute atomic E-state index is 0.0326. The Hall–Kier alpha value is -2.74. The van der Waals surface area contributed by atoms with E-state index in [1.807, 2.05) is 44.3 Å². The smallest absolute Gasteiger partial charge is 0.243 e. The van der Waals surface area contributed by atoms with Gasteiger partial charge in [-0.25, -0.2) is 12.8 Å². The van der Waals surface area contributed by atoms with Gasteiger partial charge in [0.1, 0.15) is 5.82 Å². The summed E-state index contributed by atoms with van der Waals surface area (Å²) in [6.45, 7) is 2.16. The Morgan fingerprint density at radius 1 is 1.03 bits per heavy atom. The molecule has 3 aromatic rings. The zero-order chi connectivity index (χ0) is 23.3. The number of aliphatic hydroxyl groups excluding tert-OH is 1. The number of nitrogens with zero attached hydrogens (tertiary/aromatic N) is 2. The quantitative estimate of drug-likeness (QED) is 0.621. The zero-order valence-corrected chi connectivity index (χ0v) is 19.5. The maximum Gasteiger partial charge on any atom is 0.243 e. The summed E-state index contributed by atoms with van der Waals surface area (Å²) in [6, 6.07) is 18.8. The largest absolute Gasteiger partial charge is 0.394 e. The molecule has 172 valence electrons. The predicted molar refractivity (Wildman–Crippen MR) is 127 cm³/mol. The molecule has 1 N–H and O–H groups in total. The van der Waals surface area contributed by atoms with Gasteiger partial charge in [0.05, 0.1) is 23.6 Å². The molecule has 0 bridgehead atoms. The Balaban J connectivity index is 1.66. The molecule has 5 rings (SSSR count). The van der Waals surface area contributed by atoms with Gasteiger partial charge >= 0.3 is 0 Å². The van der Waals surface area contributed by atoms with E-state index >= 15 is 0 Å². The molecule has 0 saturated carbocycles. The topological polar surface area (TPSA) is 60.9 Å². The van der Waals surface area contributed by atoms with Crippen molar-refractivity contribution in [2.24, 2.45) is 5.92 Å². The van der Waals surface area contributed by atoms with Crippen LogP contribution in [0.2, 0.25) is 0 Å². The zero-order valence-electron chi connectivity index (χ0n) is 18.6. The molecule has 0 unspecified atom stereocenters. The summed E-state index contributed by atoms with van der Waals surface area (Å²) in [7, 11) is -1.78. The third-order valence-corrected chi connectivity index (χ3v) is 9.20. The van der Waals surface area contributed by atoms with Crippen LogP contribution in [0.1, 0.15) is 23.6 Å². The van der Waals surface area contributed by atoms with Gasteiger partial charge in [0.2, 0.25) is 10.0 Å². The van der Waals surface area contributed by atoms with Gasteiger partial charge < -0.3 is 10.0 Å². The molecule has 3 aromatic carbocycles. The van der Waals surface area contributed by atoms with Crippen LogP contribution >= 0.6 is 0 Å². The van der Waals surface area contributed by atoms with Crippen LogP contribution in [-0.2, 0) is 10.0 Å². The standard InChI is InChI=1S/C26H27FN2O3S/c1-17-5-3-4-6-25(17)33(31,32)29-14-13-21-24(16-30)28(2)23-12-9-19(15-22(23)26(21)29)18-7-10-20(27)11-8-18/h3-12,15,21,24,26,30H,13-14,16H2,1-2H3/t21-,24-,26-/m0/s1. The van der Waals surface area contributed by atoms with Gasteiger partial charge in [0, 0.05) is 25.2 Å². The number of rotatable bonds is 4. The lowest BCUT2D eigenvalue weighted by atomic mass is 9.81. The van der Waals surface area contributed by atoms with E-state index in [0.717, 1.165) is 22.4 Å². The van der Waals surface area contributed by atoms with Gasteiger partial charge in [0.15, 0.2) is 0 Å². The number of benzene rings is 3. The van der Waals surface area contributed by atoms with Crippen LogP contribution in [0, 0.1) is 18.7 Å². The van der Waals surface area contributed by atoms with Gasteiger partial charge in [-0.3, -0.25) is 0 Å². The summed E-state index contributed by atoms with van der Waals surface area (Å²) in [5.41, 5.74) is 4.32. The molecule has 1 fully saturated rings. The van der Waals surface area contributed by atoms with E-state index in [-0.39, 0.29) is 30.4 Å². The monoisotopic (exact) mass is 466 g/mol. The van der Waals surface area contributed by atoms with Gasteiger partial charge in [-0.2, -0.15) is 4.31 Å². The fourth-order valence-corrected chi connectivity index (χ4v) is 7.37. The highest BCUT2D eigenvalue weighted by Gasteiger charge is 2.50. The Morgan fingerprint density at radius 3 is 2.42 bits per heavy atom. The molecule has 1 saturated heterocycles. The van der Waals surface area contributed by atoms with E-state index in [2.05, 4.69) is 4.90 Å². The number of anilines is 1. The van der Waals surface area contributed by atoms with Crippen molar-refractivity contribution < 1.29 is 17.9 Å². The molecule has 2 aliphatic rings. The Bertz CT molecular complexity index is 1290. The minimum Gasteiger partial charge on any atom is -0.394 e. The molecule has 2 heterocycles. The molecule has 0 aliphatic carbocycles. The fourth-order valence-electron chi connectivity index (χ4n) is 5.48. The molecule has 7 heteroatoms. The molecular formula is C26H27FN2O3S. The van der Waals surface area contributed by atoms with Crippen molar-refractivity contribution in [2.75, 3.05) is 25.1 Å². The molecule has 0 amide bonds. The molecule has 0 spiro atoms. The van der Waals surface area contributed by atoms with Gasteiger partial charge in [-0.1, -0.05) is 36.4 Å². The number of hydrogen-bond donors (Lipinski definition) is 1. The number of hydrogen-bond acceptors (Lipinski definition) is 4. The number of aryl methyl sites for hydroxylation is 1. The number of sulfonamides is 1. The van der Waals surface area contributed by atoms with Crippen LogP contribution in [0.5, 0.6) is 0 Å². The normalized spacial score (nSPS) is 22.8. The van der Waals surface area contributed by atoms with Crippen molar-refractivity contribution in [3.63, 3.8) is 0 Å². The van der Waals surface area contributed by atoms with Gasteiger partial charge in [-0.15, -0.1) is 0 Å². The third kappa shape index (κ3) is 3.55. The lowest BCUT2D eigenvalue weighted by Gasteiger charge is -2.44. The van der Waals surface area contributed by atoms with Crippen molar-refractivity contribution in [2.45, 2.75) is 30.3 Å². The second-order valence-electron chi connectivity index (χ2n) is 8.92. The van der Waals surface area contributed by atoms with E-state index in [1.54, 1.807) is 28.6 Å². The molecule has 0 aromatic heterocycles. The number of fused-ring (bicyclic) bond motifs is 3. The van der Waals surface area contributed by atoms with Crippen molar-refractivity contribution in [1.82, 2.24) is 4.31 Å². The number of halogens is 1. The Morgan fingerprint density at radius 2 is 1.73 bits per heavy atom. The van der Waals surface area contributed by atoms with E-state index in [0.29, 0.717) is 23.4 Å². The average Bonchev–Trinajstić information content (AvgIpc) is 3.26. The summed E-state index contributed by atoms with van der Waals surface area (Å²) in [4.78, 5) is 2.39. The number of aliphatic hydroxyl groups is 1. The molecule has 3 atom stereocenters. The second-order valence-corrected chi connectivity index (χ2v) is 10.8. The van der Waals surface area contributed by atoms with E-state index < -0.39 is 10.0 Å². The highest BCUT2D eigenvalue weighted by Crippen LogP contribution is 2.51. The summed E-state index contributed by atoms with van der Waals surface area (Å²) in [6.07, 6.45) is 0.672. The summed E-state index contributed by atoms with van der Waals surface area (Å²) in [5, 5.41) is 10.2. The molecule has 2 aliphatic heterocycles. The molecule has 5 nitrogen and oxygen atoms in total. The van der Waals surface area contributed by atoms with E-state index in [4.69, 9.17) is 0 Å². The van der Waals surface area contributed by atoms with Crippen molar-refractivity contribution >= 4 is 15.7 Å². The summed E-state index contributed by atoms with van der Waals surface area (Å²) >= 11 is 0. The van der Waals surface area contributed by atoms with E-state index in [1.165, 1.54) is 12.1 Å². The maximum absolute atomic E-state index is 13.8. The van der Waals surface area contributed by atoms with Crippen molar-refractivity contribution in [1.29, 1.82) is 0 Å². The van der Waals surface area contributed by atoms with Crippen LogP contribution in [0.4, 0.5) is 10.1 Å². The SMILES string of the molecule is Cc1ccccc1S(=O)(=O)N1CC[C@@H]2[C@H]1c1cc(-c3ccc(F)cc3)ccc1N(C)[C@H]2CO. The van der Waals surface area contributed by atoms with Crippen molar-refractivity contribution in [3.8, 4) is 11.1 Å². The van der Waals surface area contributed by atoms with Crippen LogP contribution < -0.4 is 4.90 Å². The predicted octanol–water partition coefficient (Wildman–Crippen LogP) is 4.36. The van der Waals surface area contributed by atoms with Crippen LogP contribution in [0.3, 0.4) is 0 Å². The average molecular weight is 467 g/mol. The maximum atomic E-state index is 13.8. The highest BCUT2D eigenvalue weighted by atomic mass is 32.2. The minimum atomic E-state index is -3.73. The Labute approximate surface area is 194 Å². The first-order chi connectivity index (χ1) is 15.8. The first-order valence-corrected chi connectivity index (χ1v) is 12.6. The lowest BCUT2D eigenvalue weighted by Crippen LogP contribution is -2.48.